The van der Waals surface area contributed by atoms with Crippen LogP contribution in [0.1, 0.15) is 12.8 Å². The number of halogens is 2. The lowest BCUT2D eigenvalue weighted by Crippen LogP contribution is -2.50. The predicted molar refractivity (Wildman–Crippen MR) is 136 cm³/mol. The largest absolute Gasteiger partial charge is 0.493 e. The number of nitrogens with zero attached hydrogens (tertiary/aromatic N) is 3. The summed E-state index contributed by atoms with van der Waals surface area (Å²) in [6.07, 6.45) is 3.65. The second kappa shape index (κ2) is 11.1. The molecule has 0 bridgehead atoms. The second-order valence-electron chi connectivity index (χ2n) is 8.64. The molecule has 2 aliphatic rings. The standard InChI is InChI=1S/C25H28Cl2N4O4/c1-32-23-11-19-22(28-15-29-25(19)30-16-2-3-20(26)21(27)10-16)12-24(23)35-14-18-13-31(6-9-34-18)17-4-7-33-8-5-17/h2-3,10-12,15,17-18H,4-9,13-14H2,1H3,(H,28,29,30). The Labute approximate surface area is 214 Å². The molecule has 0 radical (unpaired) electrons. The van der Waals surface area contributed by atoms with E-state index in [1.807, 2.05) is 18.2 Å². The topological polar surface area (TPSA) is 78.0 Å². The molecule has 0 aliphatic carbocycles. The van der Waals surface area contributed by atoms with Crippen LogP contribution in [0.5, 0.6) is 11.5 Å². The van der Waals surface area contributed by atoms with Crippen molar-refractivity contribution >= 4 is 45.6 Å². The Kier molecular flexibility index (Phi) is 7.75. The first-order chi connectivity index (χ1) is 17.1. The molecule has 35 heavy (non-hydrogen) atoms. The highest BCUT2D eigenvalue weighted by molar-refractivity contribution is 6.42. The summed E-state index contributed by atoms with van der Waals surface area (Å²) in [7, 11) is 1.62. The number of nitrogens with one attached hydrogen (secondary N) is 1. The van der Waals surface area contributed by atoms with Gasteiger partial charge in [0.05, 0.1) is 29.3 Å². The van der Waals surface area contributed by atoms with Gasteiger partial charge >= 0.3 is 0 Å². The summed E-state index contributed by atoms with van der Waals surface area (Å²) < 4.78 is 23.3. The molecular weight excluding hydrogens is 491 g/mol. The third-order valence-corrected chi connectivity index (χ3v) is 7.14. The van der Waals surface area contributed by atoms with Crippen LogP contribution in [0.4, 0.5) is 11.5 Å². The molecule has 3 heterocycles. The molecule has 10 heteroatoms. The zero-order valence-corrected chi connectivity index (χ0v) is 21.0. The van der Waals surface area contributed by atoms with Crippen LogP contribution in [0.3, 0.4) is 0 Å². The van der Waals surface area contributed by atoms with E-state index in [4.69, 9.17) is 42.1 Å². The summed E-state index contributed by atoms with van der Waals surface area (Å²) >= 11 is 12.2. The minimum Gasteiger partial charge on any atom is -0.493 e. The highest BCUT2D eigenvalue weighted by Crippen LogP contribution is 2.35. The quantitative estimate of drug-likeness (QED) is 0.470. The Bertz CT molecular complexity index is 1180. The van der Waals surface area contributed by atoms with Crippen molar-refractivity contribution in [3.05, 3.63) is 46.7 Å². The van der Waals surface area contributed by atoms with Crippen molar-refractivity contribution in [2.75, 3.05) is 51.9 Å². The number of benzene rings is 2. The zero-order valence-electron chi connectivity index (χ0n) is 19.5. The first-order valence-electron chi connectivity index (χ1n) is 11.7. The number of hydrogen-bond acceptors (Lipinski definition) is 8. The van der Waals surface area contributed by atoms with E-state index in [1.54, 1.807) is 19.2 Å². The first kappa shape index (κ1) is 24.3. The van der Waals surface area contributed by atoms with Gasteiger partial charge in [-0.3, -0.25) is 4.90 Å². The molecule has 2 aliphatic heterocycles. The van der Waals surface area contributed by atoms with Gasteiger partial charge in [-0.15, -0.1) is 0 Å². The minimum atomic E-state index is -0.00993. The normalized spacial score (nSPS) is 19.6. The molecule has 5 rings (SSSR count). The molecule has 186 valence electrons. The number of ether oxygens (including phenoxy) is 4. The van der Waals surface area contributed by atoms with Gasteiger partial charge in [-0.2, -0.15) is 0 Å². The summed E-state index contributed by atoms with van der Waals surface area (Å²) in [5.74, 6) is 1.84. The number of methoxy groups -OCH3 is 1. The fourth-order valence-corrected chi connectivity index (χ4v) is 4.85. The molecule has 1 unspecified atom stereocenters. The van der Waals surface area contributed by atoms with Crippen LogP contribution in [-0.4, -0.2) is 73.6 Å². The van der Waals surface area contributed by atoms with Crippen LogP contribution in [-0.2, 0) is 9.47 Å². The average Bonchev–Trinajstić information content (AvgIpc) is 2.90. The highest BCUT2D eigenvalue weighted by Gasteiger charge is 2.28. The number of morpholine rings is 1. The van der Waals surface area contributed by atoms with E-state index in [0.29, 0.717) is 46.6 Å². The Morgan fingerprint density at radius 2 is 1.91 bits per heavy atom. The maximum Gasteiger partial charge on any atom is 0.163 e. The number of fused-ring (bicyclic) bond motifs is 1. The lowest BCUT2D eigenvalue weighted by Gasteiger charge is -2.39. The Hall–Kier alpha value is -2.36. The number of hydrogen-bond donors (Lipinski definition) is 1. The van der Waals surface area contributed by atoms with E-state index in [9.17, 15) is 0 Å². The fourth-order valence-electron chi connectivity index (χ4n) is 4.55. The van der Waals surface area contributed by atoms with E-state index >= 15 is 0 Å². The number of rotatable bonds is 7. The molecule has 2 fully saturated rings. The third kappa shape index (κ3) is 5.73. The van der Waals surface area contributed by atoms with E-state index < -0.39 is 0 Å². The summed E-state index contributed by atoms with van der Waals surface area (Å²) in [5, 5.41) is 5.03. The smallest absolute Gasteiger partial charge is 0.163 e. The molecule has 0 spiro atoms. The van der Waals surface area contributed by atoms with Crippen LogP contribution in [0, 0.1) is 0 Å². The van der Waals surface area contributed by atoms with E-state index in [1.165, 1.54) is 6.33 Å². The number of aromatic nitrogens is 2. The molecule has 1 N–H and O–H groups in total. The molecule has 0 saturated carbocycles. The molecule has 2 saturated heterocycles. The molecule has 2 aromatic carbocycles. The van der Waals surface area contributed by atoms with Gasteiger partial charge in [0.1, 0.15) is 24.9 Å². The third-order valence-electron chi connectivity index (χ3n) is 6.41. The maximum absolute atomic E-state index is 6.18. The van der Waals surface area contributed by atoms with Crippen molar-refractivity contribution in [2.45, 2.75) is 25.0 Å². The van der Waals surface area contributed by atoms with Gasteiger partial charge in [0.25, 0.3) is 0 Å². The number of anilines is 2. The van der Waals surface area contributed by atoms with Gasteiger partial charge in [0.15, 0.2) is 11.5 Å². The molecule has 3 aromatic rings. The predicted octanol–water partition coefficient (Wildman–Crippen LogP) is 4.95. The summed E-state index contributed by atoms with van der Waals surface area (Å²) in [6, 6.07) is 9.63. The molecule has 1 atom stereocenters. The van der Waals surface area contributed by atoms with Crippen molar-refractivity contribution in [2.24, 2.45) is 0 Å². The van der Waals surface area contributed by atoms with Gasteiger partial charge in [0, 0.05) is 49.5 Å². The van der Waals surface area contributed by atoms with Gasteiger partial charge < -0.3 is 24.3 Å². The Morgan fingerprint density at radius 3 is 2.71 bits per heavy atom. The summed E-state index contributed by atoms with van der Waals surface area (Å²) in [4.78, 5) is 11.3. The zero-order chi connectivity index (χ0) is 24.2. The van der Waals surface area contributed by atoms with Crippen LogP contribution in [0.25, 0.3) is 10.9 Å². The van der Waals surface area contributed by atoms with Crippen molar-refractivity contribution in [3.8, 4) is 11.5 Å². The maximum atomic E-state index is 6.18. The fraction of sp³-hybridized carbons (Fsp3) is 0.440. The Morgan fingerprint density at radius 1 is 1.06 bits per heavy atom. The lowest BCUT2D eigenvalue weighted by atomic mass is 10.1. The van der Waals surface area contributed by atoms with Crippen LogP contribution < -0.4 is 14.8 Å². The summed E-state index contributed by atoms with van der Waals surface area (Å²) in [5.41, 5.74) is 1.49. The molecule has 8 nitrogen and oxygen atoms in total. The monoisotopic (exact) mass is 518 g/mol. The minimum absolute atomic E-state index is 0.00993. The van der Waals surface area contributed by atoms with Crippen molar-refractivity contribution in [1.29, 1.82) is 0 Å². The Balaban J connectivity index is 1.31. The highest BCUT2D eigenvalue weighted by atomic mass is 35.5. The van der Waals surface area contributed by atoms with Gasteiger partial charge in [-0.05, 0) is 37.1 Å². The van der Waals surface area contributed by atoms with Crippen LogP contribution >= 0.6 is 23.2 Å². The summed E-state index contributed by atoms with van der Waals surface area (Å²) in [6.45, 7) is 4.60. The van der Waals surface area contributed by atoms with Crippen molar-refractivity contribution in [3.63, 3.8) is 0 Å². The van der Waals surface area contributed by atoms with Gasteiger partial charge in [-0.25, -0.2) is 9.97 Å². The molecular formula is C25H28Cl2N4O4. The van der Waals surface area contributed by atoms with Crippen molar-refractivity contribution in [1.82, 2.24) is 14.9 Å². The van der Waals surface area contributed by atoms with Crippen LogP contribution in [0.15, 0.2) is 36.7 Å². The molecule has 0 amide bonds. The van der Waals surface area contributed by atoms with E-state index in [0.717, 1.165) is 55.7 Å². The first-order valence-corrected chi connectivity index (χ1v) is 12.5. The second-order valence-corrected chi connectivity index (χ2v) is 9.45. The van der Waals surface area contributed by atoms with Gasteiger partial charge in [0.2, 0.25) is 0 Å². The van der Waals surface area contributed by atoms with Crippen molar-refractivity contribution < 1.29 is 18.9 Å². The van der Waals surface area contributed by atoms with Crippen LogP contribution in [0.2, 0.25) is 10.0 Å². The van der Waals surface area contributed by atoms with Gasteiger partial charge in [-0.1, -0.05) is 23.2 Å². The van der Waals surface area contributed by atoms with E-state index in [-0.39, 0.29) is 6.10 Å². The lowest BCUT2D eigenvalue weighted by molar-refractivity contribution is -0.0748. The molecule has 1 aromatic heterocycles. The van der Waals surface area contributed by atoms with E-state index in [2.05, 4.69) is 20.2 Å². The SMILES string of the molecule is COc1cc2c(Nc3ccc(Cl)c(Cl)c3)ncnc2cc1OCC1CN(C2CCOCC2)CCO1. The average molecular weight is 519 g/mol.